The third-order valence-corrected chi connectivity index (χ3v) is 20.4. The predicted molar refractivity (Wildman–Crippen MR) is 394 cm³/mol. The second-order valence-corrected chi connectivity index (χ2v) is 26.9. The predicted octanol–water partition coefficient (Wildman–Crippen LogP) is 17.2. The molecule has 1 fully saturated rings. The number of Topliss-reactive ketones (excluding diaryl/α,β-unsaturated/α-hetero) is 4. The number of aromatic nitrogens is 8. The lowest BCUT2D eigenvalue weighted by Crippen LogP contribution is -2.07. The van der Waals surface area contributed by atoms with Gasteiger partial charge in [0.15, 0.2) is 23.1 Å². The monoisotopic (exact) mass is 1450 g/mol. The minimum atomic E-state index is -0.0800. The van der Waals surface area contributed by atoms with Crippen LogP contribution in [-0.4, -0.2) is 90.2 Å². The molecule has 13 rings (SSSR count). The first-order valence-electron chi connectivity index (χ1n) is 29.5. The van der Waals surface area contributed by atoms with Gasteiger partial charge in [-0.3, -0.25) is 19.2 Å². The zero-order valence-electron chi connectivity index (χ0n) is 51.9. The number of thiophene rings is 3. The molecule has 0 bridgehead atoms. The molecule has 0 spiro atoms. The van der Waals surface area contributed by atoms with E-state index >= 15 is 0 Å². The van der Waals surface area contributed by atoms with Gasteiger partial charge in [-0.2, -0.15) is 0 Å². The number of rotatable bonds is 16. The number of fused-ring (bicyclic) bond motifs is 4. The minimum Gasteiger partial charge on any atom is -0.398 e. The van der Waals surface area contributed by atoms with E-state index in [4.69, 9.17) is 92.5 Å². The van der Waals surface area contributed by atoms with E-state index in [0.29, 0.717) is 188 Å². The van der Waals surface area contributed by atoms with Crippen molar-refractivity contribution in [2.75, 3.05) is 59.6 Å². The third-order valence-electron chi connectivity index (χ3n) is 15.0. The molecule has 488 valence electrons. The van der Waals surface area contributed by atoms with Gasteiger partial charge in [-0.1, -0.05) is 127 Å². The number of ketones is 4. The standard InChI is InChI=1S/C18H16Cl2N4OS.C17H16Cl2N4O.C16H15ClN4OS.C15H13ClN4OS/c1-2-12(25)16-14(21)13-15(8-3-6-10(19)11(20)7-8)23-18(22-9-4-5-9)24-17(13)26-16;1-3-13(24)9-7-12-14(15(9)20)16(23-17(21-2)22-12)8-4-5-10(18)11(19)6-8;1-3-10(22)14-12(18)11-13(8-5-4-6-9(17)7-8)20-16(19-2)21-15(11)23-14;1-7(21)13-11(17)10-12(8-4-3-5-9(16)6-8)19-15(18-2)20-14(10)22-13/h3,6-7,9H,2,4-5,21H2,1H3,(H,22,23,24);4-6H,3,7,20H2,1-2H3,(H,21,22,23);4-7H,3,18H2,1-2H3,(H,19,20,21);3-6H,17H2,1-2H3,(H,18,19,20). The van der Waals surface area contributed by atoms with Crippen LogP contribution >= 0.6 is 104 Å². The lowest BCUT2D eigenvalue weighted by molar-refractivity contribution is -0.115. The summed E-state index contributed by atoms with van der Waals surface area (Å²) < 4.78 is 0. The Morgan fingerprint density at radius 2 is 0.863 bits per heavy atom. The first-order valence-corrected chi connectivity index (χ1v) is 34.2. The summed E-state index contributed by atoms with van der Waals surface area (Å²) in [4.78, 5) is 88.0. The number of hydrogen-bond acceptors (Lipinski definition) is 23. The Morgan fingerprint density at radius 3 is 1.27 bits per heavy atom. The Balaban J connectivity index is 0.000000138. The van der Waals surface area contributed by atoms with Crippen LogP contribution in [-0.2, 0) is 11.2 Å². The average molecular weight is 1450 g/mol. The van der Waals surface area contributed by atoms with Crippen LogP contribution in [0.5, 0.6) is 0 Å². The number of carbonyl (C=O) groups is 4. The van der Waals surface area contributed by atoms with Crippen LogP contribution in [0.25, 0.3) is 81.4 Å². The van der Waals surface area contributed by atoms with E-state index < -0.39 is 0 Å². The third kappa shape index (κ3) is 14.9. The Kier molecular flexibility index (Phi) is 21.7. The normalized spacial score (nSPS) is 12.3. The van der Waals surface area contributed by atoms with Crippen molar-refractivity contribution in [1.29, 1.82) is 0 Å². The van der Waals surface area contributed by atoms with Crippen LogP contribution in [0, 0.1) is 0 Å². The molecule has 95 heavy (non-hydrogen) atoms. The highest BCUT2D eigenvalue weighted by Gasteiger charge is 2.31. The molecule has 0 unspecified atom stereocenters. The highest BCUT2D eigenvalue weighted by molar-refractivity contribution is 7.22. The lowest BCUT2D eigenvalue weighted by Gasteiger charge is -2.11. The molecular weight excluding hydrogens is 1390 g/mol. The molecule has 20 nitrogen and oxygen atoms in total. The summed E-state index contributed by atoms with van der Waals surface area (Å²) in [5.41, 5.74) is 34.6. The van der Waals surface area contributed by atoms with Crippen molar-refractivity contribution in [3.63, 3.8) is 0 Å². The van der Waals surface area contributed by atoms with Crippen molar-refractivity contribution in [1.82, 2.24) is 39.9 Å². The first kappa shape index (κ1) is 69.5. The molecule has 1 saturated carbocycles. The van der Waals surface area contributed by atoms with E-state index in [9.17, 15) is 19.2 Å². The zero-order chi connectivity index (χ0) is 68.3. The van der Waals surface area contributed by atoms with Gasteiger partial charge in [0.2, 0.25) is 23.8 Å². The van der Waals surface area contributed by atoms with Crippen molar-refractivity contribution in [3.8, 4) is 45.0 Å². The van der Waals surface area contributed by atoms with Gasteiger partial charge in [-0.05, 0) is 61.4 Å². The largest absolute Gasteiger partial charge is 0.398 e. The van der Waals surface area contributed by atoms with Crippen LogP contribution in [0.15, 0.2) is 90.5 Å². The number of nitrogens with one attached hydrogen (secondary N) is 4. The summed E-state index contributed by atoms with van der Waals surface area (Å²) in [6.45, 7) is 6.94. The van der Waals surface area contributed by atoms with Crippen molar-refractivity contribution in [2.24, 2.45) is 5.73 Å². The average Bonchev–Trinajstić information content (AvgIpc) is 1.67. The smallest absolute Gasteiger partial charge is 0.224 e. The van der Waals surface area contributed by atoms with Gasteiger partial charge in [0.05, 0.1) is 102 Å². The molecule has 7 heterocycles. The van der Waals surface area contributed by atoms with Crippen molar-refractivity contribution >= 4 is 204 Å². The fourth-order valence-corrected chi connectivity index (χ4v) is 14.2. The van der Waals surface area contributed by atoms with Gasteiger partial charge in [0.25, 0.3) is 0 Å². The molecule has 7 aromatic heterocycles. The number of halogens is 6. The van der Waals surface area contributed by atoms with Crippen LogP contribution in [0.4, 0.5) is 40.9 Å². The van der Waals surface area contributed by atoms with Crippen LogP contribution in [0.1, 0.15) is 100 Å². The summed E-state index contributed by atoms with van der Waals surface area (Å²) in [5, 5.41) is 17.2. The second kappa shape index (κ2) is 29.7. The molecule has 4 aromatic carbocycles. The molecule has 0 saturated heterocycles. The quantitative estimate of drug-likeness (QED) is 0.0417. The first-order chi connectivity index (χ1) is 45.5. The molecule has 12 N–H and O–H groups in total. The summed E-state index contributed by atoms with van der Waals surface area (Å²) in [6, 6.07) is 25.7. The SMILES string of the molecule is CCC(=O)C1=C(N)c2c(nc(NC)nc2-c2ccc(Cl)c(Cl)c2)C1.CCC(=O)c1sc2nc(NC)nc(-c3cccc(Cl)c3)c2c1N.CCC(=O)c1sc2nc(NC3CC3)nc(-c3ccc(Cl)c(Cl)c3)c2c1N.CNc1nc(-c2cccc(Cl)c2)c2c(N)c(C(C)=O)sc2n1. The molecule has 0 amide bonds. The molecular formula is C66H60Cl6N16O4S3. The van der Waals surface area contributed by atoms with Gasteiger partial charge in [-0.25, -0.2) is 39.9 Å². The molecule has 0 radical (unpaired) electrons. The van der Waals surface area contributed by atoms with Crippen molar-refractivity contribution in [2.45, 2.75) is 72.3 Å². The zero-order valence-corrected chi connectivity index (χ0v) is 58.9. The Morgan fingerprint density at radius 1 is 0.474 bits per heavy atom. The van der Waals surface area contributed by atoms with E-state index in [1.807, 2.05) is 69.3 Å². The summed E-state index contributed by atoms with van der Waals surface area (Å²) >= 11 is 40.4. The van der Waals surface area contributed by atoms with Gasteiger partial charge < -0.3 is 44.2 Å². The van der Waals surface area contributed by atoms with Gasteiger partial charge in [-0.15, -0.1) is 34.0 Å². The number of anilines is 7. The maximum absolute atomic E-state index is 12.3. The van der Waals surface area contributed by atoms with E-state index in [0.717, 1.165) is 40.8 Å². The molecule has 0 atom stereocenters. The summed E-state index contributed by atoms with van der Waals surface area (Å²) in [6.07, 6.45) is 3.82. The number of carbonyl (C=O) groups excluding carboxylic acids is 4. The van der Waals surface area contributed by atoms with Gasteiger partial charge >= 0.3 is 0 Å². The maximum Gasteiger partial charge on any atom is 0.224 e. The fourth-order valence-electron chi connectivity index (χ4n) is 10.1. The number of benzene rings is 4. The molecule has 11 aromatic rings. The lowest BCUT2D eigenvalue weighted by atomic mass is 10.0. The van der Waals surface area contributed by atoms with Crippen LogP contribution in [0.2, 0.25) is 30.1 Å². The van der Waals surface area contributed by atoms with Crippen LogP contribution in [0.3, 0.4) is 0 Å². The van der Waals surface area contributed by atoms with Gasteiger partial charge in [0.1, 0.15) is 14.5 Å². The topological polar surface area (TPSA) is 324 Å². The number of nitrogens with zero attached hydrogens (tertiary/aromatic N) is 8. The highest BCUT2D eigenvalue weighted by atomic mass is 35.5. The Bertz CT molecular complexity index is 4920. The van der Waals surface area contributed by atoms with E-state index in [2.05, 4.69) is 61.1 Å². The number of allylic oxidation sites excluding steroid dienone is 1. The Hall–Kier alpha value is -8.36. The highest BCUT2D eigenvalue weighted by Crippen LogP contribution is 2.45. The van der Waals surface area contributed by atoms with E-state index in [1.165, 1.54) is 40.9 Å². The maximum atomic E-state index is 12.3. The summed E-state index contributed by atoms with van der Waals surface area (Å²) in [7, 11) is 5.23. The van der Waals surface area contributed by atoms with Gasteiger partial charge in [0, 0.05) is 103 Å². The van der Waals surface area contributed by atoms with Crippen molar-refractivity contribution in [3.05, 3.63) is 147 Å². The molecule has 0 aliphatic heterocycles. The Labute approximate surface area is 587 Å². The summed E-state index contributed by atoms with van der Waals surface area (Å²) in [5.74, 6) is 1.91. The molecule has 2 aliphatic rings. The van der Waals surface area contributed by atoms with E-state index in [-0.39, 0.29) is 23.1 Å². The van der Waals surface area contributed by atoms with Crippen molar-refractivity contribution < 1.29 is 19.2 Å². The van der Waals surface area contributed by atoms with Crippen LogP contribution < -0.4 is 44.2 Å². The molecule has 29 heteroatoms. The number of nitrogen functional groups attached to an aromatic ring is 3. The minimum absolute atomic E-state index is 0.00212. The number of nitrogens with two attached hydrogens (primary N) is 4. The second-order valence-electron chi connectivity index (χ2n) is 21.4. The number of hydrogen-bond donors (Lipinski definition) is 8. The molecule has 2 aliphatic carbocycles. The fraction of sp³-hybridized carbons (Fsp3) is 0.212. The van der Waals surface area contributed by atoms with E-state index in [1.54, 1.807) is 57.5 Å².